The molecule has 0 saturated carbocycles. The molecule has 2 aromatic heterocycles. The van der Waals surface area contributed by atoms with Crippen LogP contribution in [0.2, 0.25) is 0 Å². The molecule has 0 fully saturated rings. The predicted molar refractivity (Wildman–Crippen MR) is 116 cm³/mol. The van der Waals surface area contributed by atoms with Crippen molar-refractivity contribution in [2.24, 2.45) is 0 Å². The normalized spacial score (nSPS) is 11.2. The summed E-state index contributed by atoms with van der Waals surface area (Å²) in [6, 6.07) is 24.2. The molecule has 0 aliphatic carbocycles. The van der Waals surface area contributed by atoms with Gasteiger partial charge < -0.3 is 4.74 Å². The van der Waals surface area contributed by atoms with Gasteiger partial charge in [0.05, 0.1) is 23.7 Å². The minimum Gasteiger partial charge on any atom is -0.497 e. The van der Waals surface area contributed by atoms with Gasteiger partial charge in [0.2, 0.25) is 0 Å². The van der Waals surface area contributed by atoms with Crippen molar-refractivity contribution in [3.05, 3.63) is 83.5 Å². The molecule has 28 heavy (non-hydrogen) atoms. The van der Waals surface area contributed by atoms with Crippen molar-refractivity contribution >= 4 is 37.9 Å². The van der Waals surface area contributed by atoms with Crippen LogP contribution >= 0.6 is 15.9 Å². The van der Waals surface area contributed by atoms with Crippen molar-refractivity contribution in [3.63, 3.8) is 0 Å². The molecule has 4 nitrogen and oxygen atoms in total. The monoisotopic (exact) mass is 429 g/mol. The van der Waals surface area contributed by atoms with E-state index in [0.29, 0.717) is 0 Å². The number of nitrogens with zero attached hydrogens (tertiary/aromatic N) is 3. The van der Waals surface area contributed by atoms with Crippen LogP contribution in [0.1, 0.15) is 0 Å². The van der Waals surface area contributed by atoms with Crippen LogP contribution in [0.5, 0.6) is 5.75 Å². The van der Waals surface area contributed by atoms with E-state index in [-0.39, 0.29) is 0 Å². The average molecular weight is 430 g/mol. The van der Waals surface area contributed by atoms with Crippen molar-refractivity contribution in [2.75, 3.05) is 7.11 Å². The van der Waals surface area contributed by atoms with E-state index in [1.807, 2.05) is 54.7 Å². The first-order valence-electron chi connectivity index (χ1n) is 8.92. The molecule has 136 valence electrons. The highest BCUT2D eigenvalue weighted by Gasteiger charge is 2.15. The predicted octanol–water partition coefficient (Wildman–Crippen LogP) is 6.01. The van der Waals surface area contributed by atoms with E-state index in [4.69, 9.17) is 14.7 Å². The highest BCUT2D eigenvalue weighted by Crippen LogP contribution is 2.32. The van der Waals surface area contributed by atoms with E-state index in [9.17, 15) is 0 Å². The van der Waals surface area contributed by atoms with E-state index < -0.39 is 0 Å². The van der Waals surface area contributed by atoms with Gasteiger partial charge >= 0.3 is 0 Å². The summed E-state index contributed by atoms with van der Waals surface area (Å²) in [6.07, 6.45) is 2.04. The van der Waals surface area contributed by atoms with Gasteiger partial charge in [-0.1, -0.05) is 52.3 Å². The Kier molecular flexibility index (Phi) is 4.10. The standard InChI is InChI=1S/C23H16BrN3O/c1-28-16-10-11-19-20(14-16)25-22(15-6-3-2-4-7-15)23(26-19)27-13-12-17-18(24)8-5-9-21(17)27/h2-14H,1H3. The summed E-state index contributed by atoms with van der Waals surface area (Å²) >= 11 is 3.64. The lowest BCUT2D eigenvalue weighted by atomic mass is 10.1. The fourth-order valence-corrected chi connectivity index (χ4v) is 3.91. The molecule has 0 bridgehead atoms. The van der Waals surface area contributed by atoms with E-state index in [0.717, 1.165) is 49.2 Å². The van der Waals surface area contributed by atoms with E-state index >= 15 is 0 Å². The molecule has 5 rings (SSSR count). The highest BCUT2D eigenvalue weighted by molar-refractivity contribution is 9.10. The summed E-state index contributed by atoms with van der Waals surface area (Å²) in [5.41, 5.74) is 4.56. The summed E-state index contributed by atoms with van der Waals surface area (Å²) in [4.78, 5) is 9.94. The fraction of sp³-hybridized carbons (Fsp3) is 0.0435. The number of rotatable bonds is 3. The molecule has 0 aliphatic rings. The third kappa shape index (κ3) is 2.75. The number of ether oxygens (including phenoxy) is 1. The summed E-state index contributed by atoms with van der Waals surface area (Å²) in [5, 5.41) is 1.14. The second-order valence-corrected chi connectivity index (χ2v) is 7.33. The zero-order valence-corrected chi connectivity index (χ0v) is 16.7. The van der Waals surface area contributed by atoms with Crippen molar-refractivity contribution in [1.82, 2.24) is 14.5 Å². The number of hydrogen-bond acceptors (Lipinski definition) is 3. The number of methoxy groups -OCH3 is 1. The fourth-order valence-electron chi connectivity index (χ4n) is 3.42. The Balaban J connectivity index is 1.84. The van der Waals surface area contributed by atoms with Gasteiger partial charge in [0, 0.05) is 27.7 Å². The summed E-state index contributed by atoms with van der Waals surface area (Å²) in [6.45, 7) is 0. The van der Waals surface area contributed by atoms with Gasteiger partial charge in [-0.25, -0.2) is 9.97 Å². The molecule has 0 atom stereocenters. The minimum absolute atomic E-state index is 0.768. The molecular weight excluding hydrogens is 414 g/mol. The highest BCUT2D eigenvalue weighted by atomic mass is 79.9. The second kappa shape index (κ2) is 6.77. The third-order valence-corrected chi connectivity index (χ3v) is 5.50. The molecule has 0 saturated heterocycles. The van der Waals surface area contributed by atoms with E-state index in [1.165, 1.54) is 0 Å². The zero-order valence-electron chi connectivity index (χ0n) is 15.1. The average Bonchev–Trinajstić information content (AvgIpc) is 3.18. The molecule has 2 heterocycles. The second-order valence-electron chi connectivity index (χ2n) is 6.47. The Morgan fingerprint density at radius 3 is 2.54 bits per heavy atom. The van der Waals surface area contributed by atoms with Crippen LogP contribution in [0.3, 0.4) is 0 Å². The lowest BCUT2D eigenvalue weighted by Crippen LogP contribution is -2.02. The molecule has 0 aliphatic heterocycles. The molecule has 5 heteroatoms. The van der Waals surface area contributed by atoms with Crippen molar-refractivity contribution in [3.8, 4) is 22.8 Å². The number of aromatic nitrogens is 3. The lowest BCUT2D eigenvalue weighted by molar-refractivity contribution is 0.415. The number of halogens is 1. The number of fused-ring (bicyclic) bond motifs is 2. The first-order valence-corrected chi connectivity index (χ1v) is 9.71. The Morgan fingerprint density at radius 2 is 1.71 bits per heavy atom. The summed E-state index contributed by atoms with van der Waals surface area (Å²) < 4.78 is 8.52. The Hall–Kier alpha value is -3.18. The van der Waals surface area contributed by atoms with Gasteiger partial charge in [0.25, 0.3) is 0 Å². The quantitative estimate of drug-likeness (QED) is 0.352. The van der Waals surface area contributed by atoms with Crippen molar-refractivity contribution in [1.29, 1.82) is 0 Å². The molecule has 0 spiro atoms. The Morgan fingerprint density at radius 1 is 0.857 bits per heavy atom. The van der Waals surface area contributed by atoms with Crippen molar-refractivity contribution < 1.29 is 4.74 Å². The van der Waals surface area contributed by atoms with Gasteiger partial charge in [0.1, 0.15) is 11.4 Å². The van der Waals surface area contributed by atoms with Crippen LogP contribution in [0.25, 0.3) is 39.0 Å². The van der Waals surface area contributed by atoms with Crippen LogP contribution in [-0.2, 0) is 0 Å². The van der Waals surface area contributed by atoms with E-state index in [1.54, 1.807) is 7.11 Å². The molecule has 3 aromatic carbocycles. The molecule has 0 amide bonds. The van der Waals surface area contributed by atoms with Gasteiger partial charge in [0.15, 0.2) is 5.82 Å². The van der Waals surface area contributed by atoms with Gasteiger partial charge in [-0.05, 0) is 30.3 Å². The van der Waals surface area contributed by atoms with Crippen LogP contribution < -0.4 is 4.74 Å². The molecule has 0 unspecified atom stereocenters. The lowest BCUT2D eigenvalue weighted by Gasteiger charge is -2.13. The number of hydrogen-bond donors (Lipinski definition) is 0. The van der Waals surface area contributed by atoms with Crippen LogP contribution in [-0.4, -0.2) is 21.6 Å². The largest absolute Gasteiger partial charge is 0.497 e. The topological polar surface area (TPSA) is 39.9 Å². The minimum atomic E-state index is 0.768. The third-order valence-electron chi connectivity index (χ3n) is 4.81. The first kappa shape index (κ1) is 17.0. The Labute approximate surface area is 170 Å². The summed E-state index contributed by atoms with van der Waals surface area (Å²) in [5.74, 6) is 1.57. The molecule has 0 N–H and O–H groups in total. The zero-order chi connectivity index (χ0) is 19.1. The molecule has 0 radical (unpaired) electrons. The van der Waals surface area contributed by atoms with Gasteiger partial charge in [-0.15, -0.1) is 0 Å². The van der Waals surface area contributed by atoms with Gasteiger partial charge in [-0.2, -0.15) is 0 Å². The van der Waals surface area contributed by atoms with Crippen molar-refractivity contribution in [2.45, 2.75) is 0 Å². The van der Waals surface area contributed by atoms with Crippen LogP contribution in [0.15, 0.2) is 83.5 Å². The smallest absolute Gasteiger partial charge is 0.164 e. The maximum Gasteiger partial charge on any atom is 0.164 e. The molecular formula is C23H16BrN3O. The van der Waals surface area contributed by atoms with Crippen LogP contribution in [0.4, 0.5) is 0 Å². The first-order chi connectivity index (χ1) is 13.7. The molecule has 5 aromatic rings. The van der Waals surface area contributed by atoms with Gasteiger partial charge in [-0.3, -0.25) is 4.57 Å². The SMILES string of the molecule is COc1ccc2nc(-n3ccc4c(Br)cccc43)c(-c3ccccc3)nc2c1. The Bertz CT molecular complexity index is 1310. The number of benzene rings is 3. The maximum absolute atomic E-state index is 5.36. The maximum atomic E-state index is 5.36. The van der Waals surface area contributed by atoms with Crippen LogP contribution in [0, 0.1) is 0 Å². The van der Waals surface area contributed by atoms with E-state index in [2.05, 4.69) is 44.8 Å². The summed E-state index contributed by atoms with van der Waals surface area (Å²) in [7, 11) is 1.66.